The number of ketones is 1. The van der Waals surface area contributed by atoms with Gasteiger partial charge in [-0.15, -0.1) is 23.7 Å². The number of aromatic nitrogens is 1. The van der Waals surface area contributed by atoms with Crippen molar-refractivity contribution in [2.45, 2.75) is 64.8 Å². The molecule has 1 saturated heterocycles. The van der Waals surface area contributed by atoms with Crippen LogP contribution >= 0.6 is 23.7 Å². The number of Topliss-reactive ketones (excluding diaryl/α,β-unsaturated/α-hetero) is 1. The number of carbonyl (C=O) groups excluding carboxylic acids is 2. The quantitative estimate of drug-likeness (QED) is 0.505. The Morgan fingerprint density at radius 2 is 1.94 bits per heavy atom. The summed E-state index contributed by atoms with van der Waals surface area (Å²) in [4.78, 5) is 30.9. The van der Waals surface area contributed by atoms with Crippen LogP contribution in [0.2, 0.25) is 0 Å². The number of nitrogens with one attached hydrogen (secondary N) is 2. The van der Waals surface area contributed by atoms with Gasteiger partial charge in [0, 0.05) is 13.0 Å². The number of carbonyl (C=O) groups is 2. The number of aryl methyl sites for hydroxylation is 1. The molecule has 1 amide bonds. The summed E-state index contributed by atoms with van der Waals surface area (Å²) in [5.41, 5.74) is 8.85. The van der Waals surface area contributed by atoms with Gasteiger partial charge in [0.2, 0.25) is 5.91 Å². The Hall–Kier alpha value is -1.84. The number of halogens is 1. The van der Waals surface area contributed by atoms with Gasteiger partial charge in [-0.05, 0) is 30.4 Å². The molecule has 176 valence electrons. The fourth-order valence-corrected chi connectivity index (χ4v) is 4.54. The molecule has 3 rings (SSSR count). The molecule has 0 spiro atoms. The van der Waals surface area contributed by atoms with Crippen molar-refractivity contribution in [1.82, 2.24) is 15.6 Å². The molecule has 0 aliphatic carbocycles. The molecule has 1 fully saturated rings. The molecule has 1 aromatic heterocycles. The topological polar surface area (TPSA) is 117 Å². The van der Waals surface area contributed by atoms with Gasteiger partial charge in [0.1, 0.15) is 5.60 Å². The molecular weight excluding hydrogens is 448 g/mol. The van der Waals surface area contributed by atoms with Gasteiger partial charge in [0.25, 0.3) is 0 Å². The minimum absolute atomic E-state index is 0. The molecule has 0 saturated carbocycles. The number of aliphatic hydroxyl groups is 1. The molecule has 2 heterocycles. The summed E-state index contributed by atoms with van der Waals surface area (Å²) < 4.78 is 0. The van der Waals surface area contributed by atoms with E-state index in [9.17, 15) is 14.7 Å². The number of amides is 1. The van der Waals surface area contributed by atoms with Crippen molar-refractivity contribution in [3.8, 4) is 10.4 Å². The Labute approximate surface area is 199 Å². The number of hydrogen-bond acceptors (Lipinski definition) is 7. The van der Waals surface area contributed by atoms with E-state index in [1.165, 1.54) is 0 Å². The van der Waals surface area contributed by atoms with Crippen LogP contribution in [-0.2, 0) is 9.59 Å². The Balaban J connectivity index is 0.00000363. The molecule has 7 nitrogen and oxygen atoms in total. The van der Waals surface area contributed by atoms with E-state index < -0.39 is 28.9 Å². The van der Waals surface area contributed by atoms with Gasteiger partial charge in [-0.3, -0.25) is 9.59 Å². The van der Waals surface area contributed by atoms with Crippen LogP contribution in [0.4, 0.5) is 0 Å². The largest absolute Gasteiger partial charge is 0.381 e. The number of hydrogen-bond donors (Lipinski definition) is 4. The van der Waals surface area contributed by atoms with Crippen molar-refractivity contribution in [1.29, 1.82) is 0 Å². The van der Waals surface area contributed by atoms with Crippen LogP contribution in [0.3, 0.4) is 0 Å². The van der Waals surface area contributed by atoms with Crippen LogP contribution < -0.4 is 16.4 Å². The third-order valence-electron chi connectivity index (χ3n) is 5.95. The van der Waals surface area contributed by atoms with Gasteiger partial charge in [-0.2, -0.15) is 0 Å². The maximum atomic E-state index is 12.8. The molecule has 1 aliphatic rings. The van der Waals surface area contributed by atoms with Gasteiger partial charge in [0.15, 0.2) is 5.78 Å². The highest BCUT2D eigenvalue weighted by atomic mass is 35.5. The fraction of sp³-hybridized carbons (Fsp3) is 0.522. The summed E-state index contributed by atoms with van der Waals surface area (Å²) in [6, 6.07) is 6.36. The van der Waals surface area contributed by atoms with Gasteiger partial charge in [-0.25, -0.2) is 4.98 Å². The lowest BCUT2D eigenvalue weighted by molar-refractivity contribution is -0.139. The average molecular weight is 481 g/mol. The maximum Gasteiger partial charge on any atom is 0.237 e. The first-order valence-corrected chi connectivity index (χ1v) is 11.4. The zero-order chi connectivity index (χ0) is 23.0. The highest BCUT2D eigenvalue weighted by molar-refractivity contribution is 7.13. The van der Waals surface area contributed by atoms with E-state index in [-0.39, 0.29) is 37.3 Å². The zero-order valence-electron chi connectivity index (χ0n) is 19.1. The Kier molecular flexibility index (Phi) is 8.23. The van der Waals surface area contributed by atoms with Crippen LogP contribution in [0, 0.1) is 12.3 Å². The Morgan fingerprint density at radius 1 is 1.31 bits per heavy atom. The minimum atomic E-state index is -1.63. The van der Waals surface area contributed by atoms with Gasteiger partial charge in [-0.1, -0.05) is 45.0 Å². The van der Waals surface area contributed by atoms with Crippen molar-refractivity contribution < 1.29 is 14.7 Å². The average Bonchev–Trinajstić information content (AvgIpc) is 3.32. The van der Waals surface area contributed by atoms with Gasteiger partial charge >= 0.3 is 0 Å². The van der Waals surface area contributed by atoms with Crippen molar-refractivity contribution in [2.24, 2.45) is 11.1 Å². The van der Waals surface area contributed by atoms with Crippen LogP contribution in [-0.4, -0.2) is 46.0 Å². The summed E-state index contributed by atoms with van der Waals surface area (Å²) in [5, 5.41) is 16.8. The third kappa shape index (κ3) is 5.55. The van der Waals surface area contributed by atoms with Gasteiger partial charge in [0.05, 0.1) is 34.2 Å². The summed E-state index contributed by atoms with van der Waals surface area (Å²) in [6.07, 6.45) is 0.0117. The molecular formula is C23H33ClN4O3S. The van der Waals surface area contributed by atoms with E-state index in [0.29, 0.717) is 0 Å². The predicted molar refractivity (Wildman–Crippen MR) is 130 cm³/mol. The van der Waals surface area contributed by atoms with Crippen molar-refractivity contribution in [3.63, 3.8) is 0 Å². The summed E-state index contributed by atoms with van der Waals surface area (Å²) in [7, 11) is 0. The predicted octanol–water partition coefficient (Wildman–Crippen LogP) is 2.75. The SMILES string of the molecule is Cc1ncsc1-c1ccc(C(C)NC(=O)[C@@H]2C[C@](O)(C(=O)C(N)C(C)(C)C)CN2)cc1.Cl. The van der Waals surface area contributed by atoms with Crippen molar-refractivity contribution in [3.05, 3.63) is 41.0 Å². The summed E-state index contributed by atoms with van der Waals surface area (Å²) in [6.45, 7) is 9.48. The molecule has 1 aliphatic heterocycles. The fourth-order valence-electron chi connectivity index (χ4n) is 3.73. The molecule has 0 radical (unpaired) electrons. The van der Waals surface area contributed by atoms with Crippen molar-refractivity contribution in [2.75, 3.05) is 6.54 Å². The summed E-state index contributed by atoms with van der Waals surface area (Å²) in [5.74, 6) is -0.673. The van der Waals surface area contributed by atoms with E-state index >= 15 is 0 Å². The van der Waals surface area contributed by atoms with Gasteiger partial charge < -0.3 is 21.5 Å². The Morgan fingerprint density at radius 3 is 2.47 bits per heavy atom. The van der Waals surface area contributed by atoms with E-state index in [1.54, 1.807) is 11.3 Å². The monoisotopic (exact) mass is 480 g/mol. The second-order valence-corrected chi connectivity index (χ2v) is 10.4. The zero-order valence-corrected chi connectivity index (χ0v) is 20.8. The molecule has 5 N–H and O–H groups in total. The standard InChI is InChI=1S/C23H32N4O3S.ClH/c1-13(15-6-8-16(9-7-15)18-14(2)26-12-31-18)27-21(29)17-10-23(30,11-25-17)20(28)19(24)22(3,4)5;/h6-9,12-13,17,19,25,30H,10-11,24H2,1-5H3,(H,27,29);1H/t13?,17-,19?,23+;/m0./s1. The lowest BCUT2D eigenvalue weighted by Gasteiger charge is -2.31. The van der Waals surface area contributed by atoms with Crippen LogP contribution in [0.15, 0.2) is 29.8 Å². The first kappa shape index (κ1) is 26.4. The number of thiazole rings is 1. The highest BCUT2D eigenvalue weighted by Gasteiger charge is 2.49. The number of β-amino-alcohol motifs (C(OH)–C–C–N with tert-alkyl or cyclic N) is 1. The lowest BCUT2D eigenvalue weighted by atomic mass is 9.78. The summed E-state index contributed by atoms with van der Waals surface area (Å²) >= 11 is 1.60. The second kappa shape index (κ2) is 9.97. The van der Waals surface area contributed by atoms with E-state index in [0.717, 1.165) is 21.7 Å². The number of nitrogens with zero attached hydrogens (tertiary/aromatic N) is 1. The molecule has 0 bridgehead atoms. The Bertz CT molecular complexity index is 957. The van der Waals surface area contributed by atoms with E-state index in [4.69, 9.17) is 5.73 Å². The number of rotatable bonds is 6. The third-order valence-corrected chi connectivity index (χ3v) is 6.93. The van der Waals surface area contributed by atoms with E-state index in [2.05, 4.69) is 15.6 Å². The number of benzene rings is 1. The highest BCUT2D eigenvalue weighted by Crippen LogP contribution is 2.29. The molecule has 1 aromatic carbocycles. The van der Waals surface area contributed by atoms with Crippen LogP contribution in [0.1, 0.15) is 51.4 Å². The molecule has 4 atom stereocenters. The maximum absolute atomic E-state index is 12.8. The first-order valence-electron chi connectivity index (χ1n) is 10.5. The smallest absolute Gasteiger partial charge is 0.237 e. The lowest BCUT2D eigenvalue weighted by Crippen LogP contribution is -2.54. The minimum Gasteiger partial charge on any atom is -0.381 e. The molecule has 2 aromatic rings. The normalized spacial score (nSPS) is 22.7. The van der Waals surface area contributed by atoms with Crippen molar-refractivity contribution >= 4 is 35.4 Å². The molecule has 9 heteroatoms. The first-order chi connectivity index (χ1) is 14.4. The van der Waals surface area contributed by atoms with E-state index in [1.807, 2.05) is 64.4 Å². The second-order valence-electron chi connectivity index (χ2n) is 9.50. The molecule has 32 heavy (non-hydrogen) atoms. The van der Waals surface area contributed by atoms with Crippen LogP contribution in [0.5, 0.6) is 0 Å². The van der Waals surface area contributed by atoms with Crippen LogP contribution in [0.25, 0.3) is 10.4 Å². The molecule has 2 unspecified atom stereocenters. The number of nitrogens with two attached hydrogens (primary N) is 1.